The molecule has 2 aliphatic heterocycles. The monoisotopic (exact) mass is 755 g/mol. The van der Waals surface area contributed by atoms with Crippen LogP contribution in [0.25, 0.3) is 27.9 Å². The molecule has 11 nitrogen and oxygen atoms in total. The van der Waals surface area contributed by atoms with Crippen molar-refractivity contribution < 1.29 is 50.8 Å². The first-order valence-corrected chi connectivity index (χ1v) is 16.5. The number of alkyl halides is 5. The number of aromatic nitrogens is 2. The number of nitrogens with one attached hydrogen (secondary N) is 1. The van der Waals surface area contributed by atoms with Gasteiger partial charge in [0.1, 0.15) is 11.5 Å². The maximum Gasteiger partial charge on any atom is 0.586 e. The van der Waals surface area contributed by atoms with Gasteiger partial charge in [0.25, 0.3) is 11.5 Å². The van der Waals surface area contributed by atoms with Gasteiger partial charge in [-0.05, 0) is 73.0 Å². The number of aliphatic hydroxyl groups is 1. The summed E-state index contributed by atoms with van der Waals surface area (Å²) in [5.41, 5.74) is 4.12. The van der Waals surface area contributed by atoms with Crippen molar-refractivity contribution >= 4 is 11.6 Å². The van der Waals surface area contributed by atoms with Crippen LogP contribution >= 0.6 is 0 Å². The lowest BCUT2D eigenvalue weighted by molar-refractivity contribution is -0.286. The molecule has 2 N–H and O–H groups in total. The summed E-state index contributed by atoms with van der Waals surface area (Å²) in [5.74, 6) is -0.227. The smallest absolute Gasteiger partial charge is 0.482 e. The van der Waals surface area contributed by atoms with Crippen molar-refractivity contribution in [2.75, 3.05) is 24.7 Å². The highest BCUT2D eigenvalue weighted by Gasteiger charge is 2.44. The highest BCUT2D eigenvalue weighted by Crippen LogP contribution is 2.47. The summed E-state index contributed by atoms with van der Waals surface area (Å²) in [6.07, 6.45) is -5.40. The molecule has 0 fully saturated rings. The minimum absolute atomic E-state index is 0.0203. The highest BCUT2D eigenvalue weighted by molar-refractivity contribution is 5.98. The third kappa shape index (κ3) is 8.71. The van der Waals surface area contributed by atoms with E-state index < -0.39 is 12.7 Å². The first kappa shape index (κ1) is 39.1. The number of rotatable bonds is 6. The summed E-state index contributed by atoms with van der Waals surface area (Å²) in [4.78, 5) is 39.8. The summed E-state index contributed by atoms with van der Waals surface area (Å²) in [7, 11) is 0. The van der Waals surface area contributed by atoms with Gasteiger partial charge in [0.15, 0.2) is 18.1 Å². The molecule has 5 aromatic rings. The lowest BCUT2D eigenvalue weighted by atomic mass is 10.0. The molecule has 7 rings (SSSR count). The number of aliphatic hydroxyl groups excluding tert-OH is 1. The molecule has 4 heterocycles. The number of hydrogen-bond donors (Lipinski definition) is 2. The first-order chi connectivity index (χ1) is 25.6. The number of carbonyl (C=O) groups excluding carboxylic acids is 1. The van der Waals surface area contributed by atoms with Crippen LogP contribution in [0.5, 0.6) is 23.0 Å². The van der Waals surface area contributed by atoms with Crippen LogP contribution in [-0.4, -0.2) is 53.0 Å². The lowest BCUT2D eigenvalue weighted by Gasteiger charge is -2.29. The van der Waals surface area contributed by atoms with Gasteiger partial charge in [-0.3, -0.25) is 19.0 Å². The Kier molecular flexibility index (Phi) is 11.5. The maximum atomic E-state index is 13.1. The van der Waals surface area contributed by atoms with Gasteiger partial charge in [-0.15, -0.1) is 22.0 Å². The number of β-amino-alcohol motifs (C(OH)–C–C–N with tert-alkyl or cyclic N) is 1. The molecule has 0 radical (unpaired) electrons. The fourth-order valence-electron chi connectivity index (χ4n) is 5.70. The summed E-state index contributed by atoms with van der Waals surface area (Å²) < 4.78 is 83.1. The van der Waals surface area contributed by atoms with E-state index in [-0.39, 0.29) is 54.0 Å². The fraction of sp³-hybridized carbons (Fsp3) is 0.237. The molecule has 0 bridgehead atoms. The summed E-state index contributed by atoms with van der Waals surface area (Å²) in [5, 5.41) is 9.24. The van der Waals surface area contributed by atoms with Crippen LogP contribution in [0.4, 0.5) is 27.6 Å². The van der Waals surface area contributed by atoms with E-state index in [9.17, 15) is 41.4 Å². The number of carbonyl (C=O) groups is 1. The summed E-state index contributed by atoms with van der Waals surface area (Å²) in [6.45, 7) is 7.29. The number of benzene rings is 3. The predicted molar refractivity (Wildman–Crippen MR) is 189 cm³/mol. The van der Waals surface area contributed by atoms with E-state index in [0.29, 0.717) is 44.9 Å². The highest BCUT2D eigenvalue weighted by atomic mass is 19.4. The standard InChI is InChI=1S/C23H19F3N2O5.C13H9F2NO3.C2H6/c1-14-10-21(30)28(16-3-5-17(6-4-16)33-23(24,25)26)12-18(14)15-2-7-19-20(11-15)32-13-22(31)27(19)8-9-29;1-7-5-11(17)16-6-9(7)8-3-2-4-10-12(8)19-13(14,15)18-10;1-2/h2-7,10-12,29H,8-9,13H2,1H3;2-6H,1H3,(H,16,17);1-2H3. The Hall–Kier alpha value is -6.16. The van der Waals surface area contributed by atoms with Crippen molar-refractivity contribution in [3.63, 3.8) is 0 Å². The van der Waals surface area contributed by atoms with Crippen molar-refractivity contribution in [2.45, 2.75) is 40.4 Å². The molecule has 0 aliphatic carbocycles. The summed E-state index contributed by atoms with van der Waals surface area (Å²) >= 11 is 0. The van der Waals surface area contributed by atoms with Crippen LogP contribution in [-0.2, 0) is 4.79 Å². The largest absolute Gasteiger partial charge is 0.586 e. The molecule has 1 amide bonds. The lowest BCUT2D eigenvalue weighted by Crippen LogP contribution is -2.40. The average Bonchev–Trinajstić information content (AvgIpc) is 3.45. The van der Waals surface area contributed by atoms with Crippen molar-refractivity contribution in [3.8, 4) is 50.9 Å². The second-order valence-electron chi connectivity index (χ2n) is 11.6. The van der Waals surface area contributed by atoms with E-state index in [1.165, 1.54) is 46.0 Å². The Balaban J connectivity index is 0.000000226. The molecular weight excluding hydrogens is 721 g/mol. The minimum Gasteiger partial charge on any atom is -0.482 e. The number of para-hydroxylation sites is 1. The number of anilines is 1. The second-order valence-corrected chi connectivity index (χ2v) is 11.6. The Morgan fingerprint density at radius 3 is 2.24 bits per heavy atom. The number of nitrogens with zero attached hydrogens (tertiary/aromatic N) is 2. The molecule has 284 valence electrons. The van der Waals surface area contributed by atoms with E-state index in [4.69, 9.17) is 4.74 Å². The molecular formula is C38H34F5N3O8. The molecule has 0 unspecified atom stereocenters. The Morgan fingerprint density at radius 2 is 1.57 bits per heavy atom. The SMILES string of the molecule is CC.Cc1cc(=O)[nH]cc1-c1cccc2c1OC(F)(F)O2.Cc1cc(=O)n(-c2ccc(OC(F)(F)F)cc2)cc1-c1ccc2c(c1)OCC(=O)N2CCO. The van der Waals surface area contributed by atoms with Crippen LogP contribution in [0, 0.1) is 13.8 Å². The van der Waals surface area contributed by atoms with E-state index in [0.717, 1.165) is 17.7 Å². The van der Waals surface area contributed by atoms with Gasteiger partial charge in [-0.25, -0.2) is 0 Å². The van der Waals surface area contributed by atoms with E-state index in [1.807, 2.05) is 13.8 Å². The number of fused-ring (bicyclic) bond motifs is 2. The zero-order chi connectivity index (χ0) is 39.4. The quantitative estimate of drug-likeness (QED) is 0.175. The molecule has 2 aromatic heterocycles. The topological polar surface area (TPSA) is 132 Å². The van der Waals surface area contributed by atoms with Gasteiger partial charge < -0.3 is 33.9 Å². The first-order valence-electron chi connectivity index (χ1n) is 16.5. The zero-order valence-corrected chi connectivity index (χ0v) is 29.3. The fourth-order valence-corrected chi connectivity index (χ4v) is 5.70. The molecule has 0 saturated heterocycles. The predicted octanol–water partition coefficient (Wildman–Crippen LogP) is 7.13. The van der Waals surface area contributed by atoms with Crippen LogP contribution in [0.2, 0.25) is 0 Å². The Labute approximate surface area is 304 Å². The molecule has 0 spiro atoms. The third-order valence-electron chi connectivity index (χ3n) is 8.00. The molecule has 16 heteroatoms. The summed E-state index contributed by atoms with van der Waals surface area (Å²) in [6, 6.07) is 17.6. The van der Waals surface area contributed by atoms with Gasteiger partial charge >= 0.3 is 12.7 Å². The number of hydrogen-bond acceptors (Lipinski definition) is 8. The van der Waals surface area contributed by atoms with Crippen molar-refractivity contribution in [3.05, 3.63) is 117 Å². The third-order valence-corrected chi connectivity index (χ3v) is 8.00. The Bertz CT molecular complexity index is 2270. The van der Waals surface area contributed by atoms with Gasteiger partial charge in [-0.1, -0.05) is 32.0 Å². The van der Waals surface area contributed by atoms with Gasteiger partial charge in [0.05, 0.1) is 12.3 Å². The molecule has 0 saturated carbocycles. The zero-order valence-electron chi connectivity index (χ0n) is 29.3. The Morgan fingerprint density at radius 1 is 0.870 bits per heavy atom. The van der Waals surface area contributed by atoms with E-state index in [1.54, 1.807) is 50.4 Å². The minimum atomic E-state index is -4.80. The number of ether oxygens (including phenoxy) is 4. The van der Waals surface area contributed by atoms with Crippen LogP contribution < -0.4 is 35.0 Å². The number of halogens is 5. The average molecular weight is 756 g/mol. The van der Waals surface area contributed by atoms with Crippen LogP contribution in [0.15, 0.2) is 94.8 Å². The number of aromatic amines is 1. The van der Waals surface area contributed by atoms with Gasteiger partial charge in [0, 0.05) is 53.4 Å². The van der Waals surface area contributed by atoms with E-state index >= 15 is 0 Å². The van der Waals surface area contributed by atoms with Gasteiger partial charge in [0.2, 0.25) is 5.56 Å². The molecule has 0 atom stereocenters. The molecule has 54 heavy (non-hydrogen) atoms. The molecule has 2 aliphatic rings. The number of aryl methyl sites for hydroxylation is 2. The second kappa shape index (κ2) is 15.8. The van der Waals surface area contributed by atoms with Gasteiger partial charge in [-0.2, -0.15) is 0 Å². The molecule has 3 aromatic carbocycles. The maximum absolute atomic E-state index is 13.1. The van der Waals surface area contributed by atoms with Crippen LogP contribution in [0.3, 0.4) is 0 Å². The van der Waals surface area contributed by atoms with E-state index in [2.05, 4.69) is 19.2 Å². The number of H-pyrrole nitrogens is 1. The van der Waals surface area contributed by atoms with Crippen molar-refractivity contribution in [1.29, 1.82) is 0 Å². The van der Waals surface area contributed by atoms with Crippen LogP contribution in [0.1, 0.15) is 25.0 Å². The normalized spacial score (nSPS) is 13.8. The van der Waals surface area contributed by atoms with Crippen molar-refractivity contribution in [2.24, 2.45) is 0 Å². The van der Waals surface area contributed by atoms with Crippen molar-refractivity contribution in [1.82, 2.24) is 9.55 Å². The number of amides is 1. The number of pyridine rings is 2.